The van der Waals surface area contributed by atoms with Gasteiger partial charge in [0.15, 0.2) is 11.9 Å². The molecule has 1 amide bonds. The second-order valence-corrected chi connectivity index (χ2v) is 5.46. The summed E-state index contributed by atoms with van der Waals surface area (Å²) in [6.07, 6.45) is -0.649. The van der Waals surface area contributed by atoms with Crippen molar-refractivity contribution < 1.29 is 14.1 Å². The fourth-order valence-electron chi connectivity index (χ4n) is 2.27. The van der Waals surface area contributed by atoms with Gasteiger partial charge in [-0.15, -0.1) is 0 Å². The van der Waals surface area contributed by atoms with E-state index in [2.05, 4.69) is 10.5 Å². The molecule has 5 heteroatoms. The van der Waals surface area contributed by atoms with Gasteiger partial charge in [-0.25, -0.2) is 0 Å². The molecule has 0 unspecified atom stereocenters. The lowest BCUT2D eigenvalue weighted by molar-refractivity contribution is -0.122. The summed E-state index contributed by atoms with van der Waals surface area (Å²) in [5, 5.41) is 6.38. The lowest BCUT2D eigenvalue weighted by Crippen LogP contribution is -2.30. The van der Waals surface area contributed by atoms with Crippen molar-refractivity contribution in [1.29, 1.82) is 0 Å². The molecular formula is C19H18N2O3. The SMILES string of the molecule is Cc1cc(NC(=O)[C@@H](C)Oc2ccc(-c3ccccc3)cc2)no1. The van der Waals surface area contributed by atoms with Gasteiger partial charge in [0.25, 0.3) is 5.91 Å². The van der Waals surface area contributed by atoms with Gasteiger partial charge in [0.05, 0.1) is 0 Å². The van der Waals surface area contributed by atoms with Crippen LogP contribution in [-0.4, -0.2) is 17.2 Å². The van der Waals surface area contributed by atoms with Crippen molar-refractivity contribution in [1.82, 2.24) is 5.16 Å². The van der Waals surface area contributed by atoms with Gasteiger partial charge in [-0.2, -0.15) is 0 Å². The molecule has 0 radical (unpaired) electrons. The quantitative estimate of drug-likeness (QED) is 0.769. The van der Waals surface area contributed by atoms with E-state index in [1.165, 1.54) is 0 Å². The monoisotopic (exact) mass is 322 g/mol. The number of ether oxygens (including phenoxy) is 1. The minimum atomic E-state index is -0.649. The average Bonchev–Trinajstić information content (AvgIpc) is 3.01. The molecule has 0 bridgehead atoms. The Kier molecular flexibility index (Phi) is 4.61. The number of nitrogens with one attached hydrogen (secondary N) is 1. The third kappa shape index (κ3) is 3.81. The summed E-state index contributed by atoms with van der Waals surface area (Å²) in [7, 11) is 0. The van der Waals surface area contributed by atoms with Crippen LogP contribution in [0.4, 0.5) is 5.82 Å². The standard InChI is InChI=1S/C19H18N2O3/c1-13-12-18(21-24-13)20-19(22)14(2)23-17-10-8-16(9-11-17)15-6-4-3-5-7-15/h3-12,14H,1-2H3,(H,20,21,22)/t14-/m1/s1. The van der Waals surface area contributed by atoms with Crippen LogP contribution in [0, 0.1) is 6.92 Å². The number of carbonyl (C=O) groups is 1. The van der Waals surface area contributed by atoms with Crippen molar-refractivity contribution in [3.8, 4) is 16.9 Å². The summed E-state index contributed by atoms with van der Waals surface area (Å²) < 4.78 is 10.6. The second-order valence-electron chi connectivity index (χ2n) is 5.46. The van der Waals surface area contributed by atoms with Gasteiger partial charge >= 0.3 is 0 Å². The van der Waals surface area contributed by atoms with E-state index in [9.17, 15) is 4.79 Å². The van der Waals surface area contributed by atoms with Crippen LogP contribution in [0.25, 0.3) is 11.1 Å². The molecule has 0 aliphatic heterocycles. The normalized spacial score (nSPS) is 11.8. The number of hydrogen-bond donors (Lipinski definition) is 1. The van der Waals surface area contributed by atoms with Crippen molar-refractivity contribution in [2.45, 2.75) is 20.0 Å². The van der Waals surface area contributed by atoms with Gasteiger partial charge in [0.2, 0.25) is 0 Å². The van der Waals surface area contributed by atoms with Crippen molar-refractivity contribution in [3.63, 3.8) is 0 Å². The van der Waals surface area contributed by atoms with Gasteiger partial charge in [-0.1, -0.05) is 47.6 Å². The number of hydrogen-bond acceptors (Lipinski definition) is 4. The topological polar surface area (TPSA) is 64.4 Å². The average molecular weight is 322 g/mol. The molecule has 1 aromatic heterocycles. The molecule has 0 aliphatic carbocycles. The Morgan fingerprint density at radius 1 is 1.08 bits per heavy atom. The second kappa shape index (κ2) is 7.00. The van der Waals surface area contributed by atoms with Crippen LogP contribution < -0.4 is 10.1 Å². The first-order valence-corrected chi connectivity index (χ1v) is 7.68. The van der Waals surface area contributed by atoms with E-state index < -0.39 is 6.10 Å². The van der Waals surface area contributed by atoms with Crippen LogP contribution in [0.3, 0.4) is 0 Å². The summed E-state index contributed by atoms with van der Waals surface area (Å²) in [5.41, 5.74) is 2.23. The van der Waals surface area contributed by atoms with E-state index in [0.717, 1.165) is 11.1 Å². The van der Waals surface area contributed by atoms with E-state index in [4.69, 9.17) is 9.26 Å². The van der Waals surface area contributed by atoms with Gasteiger partial charge in [-0.3, -0.25) is 4.79 Å². The van der Waals surface area contributed by atoms with Gasteiger partial charge in [0, 0.05) is 6.07 Å². The highest BCUT2D eigenvalue weighted by Gasteiger charge is 2.16. The lowest BCUT2D eigenvalue weighted by atomic mass is 10.1. The highest BCUT2D eigenvalue weighted by Crippen LogP contribution is 2.22. The first kappa shape index (κ1) is 15.8. The highest BCUT2D eigenvalue weighted by molar-refractivity contribution is 5.93. The van der Waals surface area contributed by atoms with Crippen LogP contribution in [0.2, 0.25) is 0 Å². The molecule has 0 fully saturated rings. The van der Waals surface area contributed by atoms with Gasteiger partial charge in [-0.05, 0) is 37.1 Å². The molecule has 2 aromatic carbocycles. The summed E-state index contributed by atoms with van der Waals surface area (Å²) in [5.74, 6) is 1.37. The lowest BCUT2D eigenvalue weighted by Gasteiger charge is -2.14. The first-order chi connectivity index (χ1) is 11.6. The number of anilines is 1. The number of aryl methyl sites for hydroxylation is 1. The molecule has 1 atom stereocenters. The summed E-state index contributed by atoms with van der Waals surface area (Å²) >= 11 is 0. The molecule has 3 aromatic rings. The molecule has 0 spiro atoms. The highest BCUT2D eigenvalue weighted by atomic mass is 16.5. The Morgan fingerprint density at radius 3 is 2.38 bits per heavy atom. The smallest absolute Gasteiger partial charge is 0.266 e. The predicted molar refractivity (Wildman–Crippen MR) is 91.8 cm³/mol. The predicted octanol–water partition coefficient (Wildman–Crippen LogP) is 4.06. The number of amides is 1. The van der Waals surface area contributed by atoms with Crippen LogP contribution >= 0.6 is 0 Å². The molecule has 0 saturated heterocycles. The Labute approximate surface area is 140 Å². The molecule has 0 aliphatic rings. The molecule has 5 nitrogen and oxygen atoms in total. The maximum atomic E-state index is 12.1. The maximum absolute atomic E-state index is 12.1. The van der Waals surface area contributed by atoms with Crippen LogP contribution in [-0.2, 0) is 4.79 Å². The minimum absolute atomic E-state index is 0.282. The zero-order chi connectivity index (χ0) is 16.9. The Bertz CT molecular complexity index is 810. The van der Waals surface area contributed by atoms with E-state index in [1.54, 1.807) is 19.9 Å². The molecule has 24 heavy (non-hydrogen) atoms. The molecular weight excluding hydrogens is 304 g/mol. The van der Waals surface area contributed by atoms with Crippen LogP contribution in [0.1, 0.15) is 12.7 Å². The number of benzene rings is 2. The summed E-state index contributed by atoms with van der Waals surface area (Å²) in [6.45, 7) is 3.45. The largest absolute Gasteiger partial charge is 0.481 e. The Hall–Kier alpha value is -3.08. The van der Waals surface area contributed by atoms with E-state index in [0.29, 0.717) is 17.3 Å². The summed E-state index contributed by atoms with van der Waals surface area (Å²) in [4.78, 5) is 12.1. The maximum Gasteiger partial charge on any atom is 0.266 e. The zero-order valence-electron chi connectivity index (χ0n) is 13.5. The number of nitrogens with zero attached hydrogens (tertiary/aromatic N) is 1. The Morgan fingerprint density at radius 2 is 1.75 bits per heavy atom. The van der Waals surface area contributed by atoms with Crippen LogP contribution in [0.15, 0.2) is 65.2 Å². The fourth-order valence-corrected chi connectivity index (χ4v) is 2.27. The third-order valence-electron chi connectivity index (χ3n) is 3.52. The molecule has 1 heterocycles. The molecule has 122 valence electrons. The van der Waals surface area contributed by atoms with E-state index in [-0.39, 0.29) is 5.91 Å². The molecule has 3 rings (SSSR count). The van der Waals surface area contributed by atoms with Gasteiger partial charge < -0.3 is 14.6 Å². The first-order valence-electron chi connectivity index (χ1n) is 7.68. The Balaban J connectivity index is 1.62. The van der Waals surface area contributed by atoms with Gasteiger partial charge in [0.1, 0.15) is 11.5 Å². The van der Waals surface area contributed by atoms with Crippen molar-refractivity contribution in [2.24, 2.45) is 0 Å². The van der Waals surface area contributed by atoms with Crippen molar-refractivity contribution in [2.75, 3.05) is 5.32 Å². The van der Waals surface area contributed by atoms with Crippen molar-refractivity contribution in [3.05, 3.63) is 66.4 Å². The van der Waals surface area contributed by atoms with Crippen molar-refractivity contribution >= 4 is 11.7 Å². The fraction of sp³-hybridized carbons (Fsp3) is 0.158. The third-order valence-corrected chi connectivity index (χ3v) is 3.52. The summed E-state index contributed by atoms with van der Waals surface area (Å²) in [6, 6.07) is 19.4. The van der Waals surface area contributed by atoms with E-state index in [1.807, 2.05) is 54.6 Å². The van der Waals surface area contributed by atoms with E-state index >= 15 is 0 Å². The molecule has 1 N–H and O–H groups in total. The number of aromatic nitrogens is 1. The molecule has 0 saturated carbocycles. The minimum Gasteiger partial charge on any atom is -0.481 e. The zero-order valence-corrected chi connectivity index (χ0v) is 13.5. The number of rotatable bonds is 5. The number of carbonyl (C=O) groups excluding carboxylic acids is 1. The van der Waals surface area contributed by atoms with Crippen LogP contribution in [0.5, 0.6) is 5.75 Å².